The number of piperazine rings is 1. The molecule has 1 aromatic rings. The van der Waals surface area contributed by atoms with Crippen molar-refractivity contribution in [3.63, 3.8) is 0 Å². The van der Waals surface area contributed by atoms with Gasteiger partial charge in [-0.3, -0.25) is 9.69 Å². The highest BCUT2D eigenvalue weighted by Gasteiger charge is 2.42. The molecule has 1 aliphatic heterocycles. The first-order valence-corrected chi connectivity index (χ1v) is 10.9. The van der Waals surface area contributed by atoms with E-state index in [0.717, 1.165) is 44.8 Å². The minimum Gasteiger partial charge on any atom is -0.340 e. The molecule has 4 rings (SSSR count). The topological polar surface area (TPSA) is 88.5 Å². The van der Waals surface area contributed by atoms with E-state index in [1.807, 2.05) is 0 Å². The number of fused-ring (bicyclic) bond motifs is 2. The molecule has 2 aliphatic carbocycles. The van der Waals surface area contributed by atoms with Gasteiger partial charge in [0, 0.05) is 43.6 Å². The molecule has 7 nitrogen and oxygen atoms in total. The summed E-state index contributed by atoms with van der Waals surface area (Å²) < 4.78 is 5.39. The number of carbonyl (C=O) groups excluding carboxylic acids is 1. The average molecular weight is 462 g/mol. The fourth-order valence-corrected chi connectivity index (χ4v) is 5.20. The number of amides is 1. The van der Waals surface area contributed by atoms with Crippen LogP contribution in [0.2, 0.25) is 0 Å². The Morgan fingerprint density at radius 3 is 2.23 bits per heavy atom. The molecule has 172 valence electrons. The van der Waals surface area contributed by atoms with Crippen molar-refractivity contribution in [1.29, 1.82) is 0 Å². The molecule has 1 saturated heterocycles. The smallest absolute Gasteiger partial charge is 0.232 e. The summed E-state index contributed by atoms with van der Waals surface area (Å²) in [5, 5.41) is 4.12. The van der Waals surface area contributed by atoms with Gasteiger partial charge in [-0.25, -0.2) is 0 Å². The van der Waals surface area contributed by atoms with Crippen LogP contribution in [0, 0.1) is 17.8 Å². The molecule has 0 spiro atoms. The van der Waals surface area contributed by atoms with Gasteiger partial charge in [-0.1, -0.05) is 32.3 Å². The zero-order valence-electron chi connectivity index (χ0n) is 18.4. The van der Waals surface area contributed by atoms with Gasteiger partial charge >= 0.3 is 0 Å². The van der Waals surface area contributed by atoms with E-state index in [1.54, 1.807) is 0 Å². The monoisotopic (exact) mass is 461 g/mol. The van der Waals surface area contributed by atoms with E-state index in [9.17, 15) is 4.79 Å². The highest BCUT2D eigenvalue weighted by atomic mass is 35.5. The number of nitrogens with zero attached hydrogens (tertiary/aromatic N) is 4. The number of hydrogen-bond acceptors (Lipinski definition) is 6. The Balaban J connectivity index is 0.00000160. The molecule has 3 aliphatic rings. The quantitative estimate of drug-likeness (QED) is 0.743. The van der Waals surface area contributed by atoms with E-state index in [2.05, 4.69) is 40.7 Å². The Morgan fingerprint density at radius 1 is 1.10 bits per heavy atom. The Hall–Kier alpha value is -0.890. The van der Waals surface area contributed by atoms with Crippen LogP contribution in [0.5, 0.6) is 0 Å². The lowest BCUT2D eigenvalue weighted by molar-refractivity contribution is -0.140. The molecule has 0 aromatic carbocycles. The maximum Gasteiger partial charge on any atom is 0.232 e. The second-order valence-electron chi connectivity index (χ2n) is 10.1. The van der Waals surface area contributed by atoms with Crippen molar-refractivity contribution in [3.05, 3.63) is 11.7 Å². The summed E-state index contributed by atoms with van der Waals surface area (Å²) in [6, 6.07) is 0.322. The maximum atomic E-state index is 13.1. The fourth-order valence-electron chi connectivity index (χ4n) is 5.20. The average Bonchev–Trinajstić information content (AvgIpc) is 3.10. The van der Waals surface area contributed by atoms with Crippen LogP contribution < -0.4 is 5.73 Å². The van der Waals surface area contributed by atoms with Crippen LogP contribution >= 0.6 is 24.8 Å². The van der Waals surface area contributed by atoms with Gasteiger partial charge in [0.05, 0.1) is 6.54 Å². The van der Waals surface area contributed by atoms with E-state index in [0.29, 0.717) is 36.2 Å². The minimum atomic E-state index is -0.128. The minimum absolute atomic E-state index is 0. The molecule has 3 fully saturated rings. The molecule has 2 bridgehead atoms. The van der Waals surface area contributed by atoms with E-state index in [4.69, 9.17) is 10.3 Å². The van der Waals surface area contributed by atoms with Gasteiger partial charge in [0.2, 0.25) is 11.8 Å². The largest absolute Gasteiger partial charge is 0.340 e. The molecule has 1 amide bonds. The van der Waals surface area contributed by atoms with Crippen LogP contribution in [0.4, 0.5) is 0 Å². The van der Waals surface area contributed by atoms with Crippen molar-refractivity contribution in [2.75, 3.05) is 26.2 Å². The van der Waals surface area contributed by atoms with Crippen molar-refractivity contribution in [1.82, 2.24) is 19.9 Å². The zero-order valence-corrected chi connectivity index (χ0v) is 20.0. The Morgan fingerprint density at radius 2 is 1.70 bits per heavy atom. The van der Waals surface area contributed by atoms with E-state index in [-0.39, 0.29) is 36.1 Å². The number of nitrogens with two attached hydrogens (primary N) is 1. The SMILES string of the molecule is CC(C)(C)c1nc(CN2CCN(C(=O)C3CC4CCCC(C3)C4N)CC2)no1.Cl.Cl. The molecule has 2 N–H and O–H groups in total. The summed E-state index contributed by atoms with van der Waals surface area (Å²) in [6.07, 6.45) is 5.69. The normalized spacial score (nSPS) is 29.7. The Bertz CT molecular complexity index is 686. The van der Waals surface area contributed by atoms with Crippen molar-refractivity contribution >= 4 is 30.7 Å². The van der Waals surface area contributed by atoms with Crippen LogP contribution in [-0.4, -0.2) is 58.1 Å². The Labute approximate surface area is 192 Å². The van der Waals surface area contributed by atoms with Gasteiger partial charge in [-0.05, 0) is 37.5 Å². The molecule has 2 heterocycles. The van der Waals surface area contributed by atoms with Crippen LogP contribution in [0.15, 0.2) is 4.52 Å². The fraction of sp³-hybridized carbons (Fsp3) is 0.857. The number of carbonyl (C=O) groups is 1. The van der Waals surface area contributed by atoms with Gasteiger partial charge in [0.1, 0.15) is 0 Å². The first-order valence-electron chi connectivity index (χ1n) is 10.9. The van der Waals surface area contributed by atoms with E-state index < -0.39 is 0 Å². The zero-order chi connectivity index (χ0) is 19.9. The number of halogens is 2. The van der Waals surface area contributed by atoms with Crippen molar-refractivity contribution in [2.45, 2.75) is 70.9 Å². The molecule has 9 heteroatoms. The highest BCUT2D eigenvalue weighted by molar-refractivity contribution is 5.85. The molecular formula is C21H37Cl2N5O2. The van der Waals surface area contributed by atoms with Crippen molar-refractivity contribution < 1.29 is 9.32 Å². The first kappa shape index (κ1) is 25.4. The first-order chi connectivity index (χ1) is 13.3. The summed E-state index contributed by atoms with van der Waals surface area (Å²) in [5.74, 6) is 3.07. The van der Waals surface area contributed by atoms with Crippen LogP contribution in [-0.2, 0) is 16.8 Å². The summed E-state index contributed by atoms with van der Waals surface area (Å²) in [4.78, 5) is 22.0. The molecule has 2 atom stereocenters. The second-order valence-corrected chi connectivity index (χ2v) is 10.1. The lowest BCUT2D eigenvalue weighted by Gasteiger charge is -2.45. The lowest BCUT2D eigenvalue weighted by atomic mass is 9.65. The molecular weight excluding hydrogens is 425 g/mol. The standard InChI is InChI=1S/C21H35N5O2.2ClH/c1-21(2,3)20-23-17(24-28-20)13-25-7-9-26(10-8-25)19(27)16-11-14-5-4-6-15(12-16)18(14)22;;/h14-16,18H,4-13,22H2,1-3H3;2*1H. The lowest BCUT2D eigenvalue weighted by Crippen LogP contribution is -2.53. The number of hydrogen-bond donors (Lipinski definition) is 1. The van der Waals surface area contributed by atoms with E-state index in [1.165, 1.54) is 19.3 Å². The second kappa shape index (κ2) is 10.2. The highest BCUT2D eigenvalue weighted by Crippen LogP contribution is 2.42. The molecule has 2 unspecified atom stereocenters. The van der Waals surface area contributed by atoms with E-state index >= 15 is 0 Å². The predicted octanol–water partition coefficient (Wildman–Crippen LogP) is 3.01. The number of aromatic nitrogens is 2. The molecule has 1 aromatic heterocycles. The summed E-state index contributed by atoms with van der Waals surface area (Å²) >= 11 is 0. The van der Waals surface area contributed by atoms with Gasteiger partial charge in [-0.15, -0.1) is 24.8 Å². The summed E-state index contributed by atoms with van der Waals surface area (Å²) in [6.45, 7) is 10.2. The third-order valence-corrected chi connectivity index (χ3v) is 6.92. The maximum absolute atomic E-state index is 13.1. The summed E-state index contributed by atoms with van der Waals surface area (Å²) in [5.41, 5.74) is 6.27. The van der Waals surface area contributed by atoms with Gasteiger partial charge in [0.25, 0.3) is 0 Å². The molecule has 2 saturated carbocycles. The van der Waals surface area contributed by atoms with Gasteiger partial charge in [0.15, 0.2) is 5.82 Å². The molecule has 30 heavy (non-hydrogen) atoms. The third-order valence-electron chi connectivity index (χ3n) is 6.92. The predicted molar refractivity (Wildman–Crippen MR) is 121 cm³/mol. The van der Waals surface area contributed by atoms with Crippen LogP contribution in [0.3, 0.4) is 0 Å². The Kier molecular flexibility index (Phi) is 8.59. The summed E-state index contributed by atoms with van der Waals surface area (Å²) in [7, 11) is 0. The van der Waals surface area contributed by atoms with Crippen LogP contribution in [0.1, 0.15) is 64.6 Å². The van der Waals surface area contributed by atoms with Crippen LogP contribution in [0.25, 0.3) is 0 Å². The number of rotatable bonds is 3. The van der Waals surface area contributed by atoms with Gasteiger partial charge < -0.3 is 15.2 Å². The van der Waals surface area contributed by atoms with Crippen molar-refractivity contribution in [3.8, 4) is 0 Å². The molecule has 0 radical (unpaired) electrons. The van der Waals surface area contributed by atoms with Gasteiger partial charge in [-0.2, -0.15) is 4.98 Å². The van der Waals surface area contributed by atoms with Crippen molar-refractivity contribution in [2.24, 2.45) is 23.5 Å². The third kappa shape index (κ3) is 5.47.